The van der Waals surface area contributed by atoms with Gasteiger partial charge in [-0.1, -0.05) is 30.3 Å². The van der Waals surface area contributed by atoms with Gasteiger partial charge >= 0.3 is 0 Å². The van der Waals surface area contributed by atoms with Gasteiger partial charge in [0.05, 0.1) is 12.2 Å². The third kappa shape index (κ3) is 6.96. The van der Waals surface area contributed by atoms with E-state index in [0.717, 1.165) is 64.6 Å². The molecular formula is C21H35N3O2. The summed E-state index contributed by atoms with van der Waals surface area (Å²) in [4.78, 5) is 7.14. The van der Waals surface area contributed by atoms with Crippen LogP contribution in [0, 0.1) is 0 Å². The van der Waals surface area contributed by atoms with Gasteiger partial charge in [0.1, 0.15) is 0 Å². The summed E-state index contributed by atoms with van der Waals surface area (Å²) >= 11 is 0. The topological polar surface area (TPSA) is 46.1 Å². The lowest BCUT2D eigenvalue weighted by Gasteiger charge is -2.34. The number of piperidine rings is 1. The first-order valence-corrected chi connectivity index (χ1v) is 10.1. The molecule has 146 valence electrons. The van der Waals surface area contributed by atoms with Crippen molar-refractivity contribution in [3.63, 3.8) is 0 Å². The number of nitrogens with one attached hydrogen (secondary N) is 1. The largest absolute Gasteiger partial charge is 0.378 e. The number of ether oxygens (including phenoxy) is 2. The van der Waals surface area contributed by atoms with Gasteiger partial charge in [0, 0.05) is 39.4 Å². The summed E-state index contributed by atoms with van der Waals surface area (Å²) in [6.07, 6.45) is 3.63. The smallest absolute Gasteiger partial charge is 0.193 e. The molecule has 0 bridgehead atoms. The van der Waals surface area contributed by atoms with E-state index in [9.17, 15) is 0 Å². The van der Waals surface area contributed by atoms with Crippen LogP contribution in [0.25, 0.3) is 0 Å². The minimum absolute atomic E-state index is 0.131. The molecule has 0 radical (unpaired) electrons. The summed E-state index contributed by atoms with van der Waals surface area (Å²) in [6.45, 7) is 11.5. The van der Waals surface area contributed by atoms with Gasteiger partial charge in [-0.25, -0.2) is 0 Å². The fourth-order valence-corrected chi connectivity index (χ4v) is 3.23. The van der Waals surface area contributed by atoms with Crippen LogP contribution in [0.15, 0.2) is 35.3 Å². The monoisotopic (exact) mass is 361 g/mol. The Balaban J connectivity index is 1.71. The van der Waals surface area contributed by atoms with Gasteiger partial charge < -0.3 is 19.7 Å². The van der Waals surface area contributed by atoms with Crippen LogP contribution in [-0.4, -0.2) is 56.4 Å². The van der Waals surface area contributed by atoms with E-state index in [0.29, 0.717) is 6.10 Å². The van der Waals surface area contributed by atoms with Gasteiger partial charge in [0.25, 0.3) is 0 Å². The molecule has 0 spiro atoms. The Labute approximate surface area is 158 Å². The fourth-order valence-electron chi connectivity index (χ4n) is 3.23. The summed E-state index contributed by atoms with van der Waals surface area (Å²) in [6, 6.07) is 10.4. The van der Waals surface area contributed by atoms with Crippen LogP contribution in [0.2, 0.25) is 0 Å². The summed E-state index contributed by atoms with van der Waals surface area (Å²) in [5, 5.41) is 3.42. The molecule has 0 amide bonds. The second kappa shape index (κ2) is 11.9. The first-order valence-electron chi connectivity index (χ1n) is 10.1. The van der Waals surface area contributed by atoms with Crippen molar-refractivity contribution in [2.45, 2.75) is 52.2 Å². The number of nitrogens with zero attached hydrogens (tertiary/aromatic N) is 2. The number of aliphatic imine (C=N–C) groups is 1. The Morgan fingerprint density at radius 2 is 1.96 bits per heavy atom. The quantitative estimate of drug-likeness (QED) is 0.414. The molecule has 1 unspecified atom stereocenters. The highest BCUT2D eigenvalue weighted by molar-refractivity contribution is 5.80. The van der Waals surface area contributed by atoms with E-state index in [1.54, 1.807) is 0 Å². The maximum atomic E-state index is 5.94. The maximum absolute atomic E-state index is 5.94. The Morgan fingerprint density at radius 1 is 1.23 bits per heavy atom. The lowest BCUT2D eigenvalue weighted by Crippen LogP contribution is -2.47. The average Bonchev–Trinajstić information content (AvgIpc) is 2.68. The van der Waals surface area contributed by atoms with E-state index in [-0.39, 0.29) is 6.10 Å². The molecule has 1 atom stereocenters. The normalized spacial score (nSPS) is 17.3. The van der Waals surface area contributed by atoms with E-state index in [2.05, 4.69) is 55.3 Å². The number of hydrogen-bond donors (Lipinski definition) is 1. The van der Waals surface area contributed by atoms with Gasteiger partial charge in [0.2, 0.25) is 0 Å². The zero-order valence-electron chi connectivity index (χ0n) is 16.6. The molecule has 1 aliphatic rings. The summed E-state index contributed by atoms with van der Waals surface area (Å²) in [5.41, 5.74) is 1.22. The van der Waals surface area contributed by atoms with Crippen molar-refractivity contribution in [3.05, 3.63) is 35.9 Å². The van der Waals surface area contributed by atoms with Crippen LogP contribution >= 0.6 is 0 Å². The maximum Gasteiger partial charge on any atom is 0.193 e. The third-order valence-electron chi connectivity index (χ3n) is 4.68. The van der Waals surface area contributed by atoms with Crippen LogP contribution in [0.4, 0.5) is 0 Å². The van der Waals surface area contributed by atoms with E-state index < -0.39 is 0 Å². The molecule has 5 heteroatoms. The van der Waals surface area contributed by atoms with Crippen molar-refractivity contribution in [3.8, 4) is 0 Å². The number of likely N-dealkylation sites (tertiary alicyclic amines) is 1. The molecule has 0 aliphatic carbocycles. The Hall–Kier alpha value is -1.59. The van der Waals surface area contributed by atoms with Gasteiger partial charge in [-0.05, 0) is 45.6 Å². The zero-order chi connectivity index (χ0) is 18.6. The van der Waals surface area contributed by atoms with E-state index in [4.69, 9.17) is 14.5 Å². The minimum atomic E-state index is 0.131. The van der Waals surface area contributed by atoms with E-state index >= 15 is 0 Å². The summed E-state index contributed by atoms with van der Waals surface area (Å²) in [7, 11) is 0. The molecule has 1 fully saturated rings. The minimum Gasteiger partial charge on any atom is -0.378 e. The van der Waals surface area contributed by atoms with E-state index in [1.807, 2.05) is 6.07 Å². The number of guanidine groups is 1. The van der Waals surface area contributed by atoms with Crippen LogP contribution in [0.5, 0.6) is 0 Å². The van der Waals surface area contributed by atoms with Crippen molar-refractivity contribution in [1.29, 1.82) is 0 Å². The van der Waals surface area contributed by atoms with Gasteiger partial charge in [-0.15, -0.1) is 0 Å². The van der Waals surface area contributed by atoms with Crippen molar-refractivity contribution >= 4 is 5.96 Å². The standard InChI is InChI=1S/C21H35N3O2/c1-4-22-21(24-15-12-20(13-16-24)25-5-2)23-14-9-17-26-18(3)19-10-7-6-8-11-19/h6-8,10-11,18,20H,4-5,9,12-17H2,1-3H3,(H,22,23). The SMILES string of the molecule is CCNC(=NCCCOC(C)c1ccccc1)N1CCC(OCC)CC1. The highest BCUT2D eigenvalue weighted by Crippen LogP contribution is 2.16. The summed E-state index contributed by atoms with van der Waals surface area (Å²) < 4.78 is 11.7. The lowest BCUT2D eigenvalue weighted by atomic mass is 10.1. The number of benzene rings is 1. The molecule has 1 aliphatic heterocycles. The van der Waals surface area contributed by atoms with Gasteiger partial charge in [-0.2, -0.15) is 0 Å². The molecular weight excluding hydrogens is 326 g/mol. The molecule has 0 saturated carbocycles. The van der Waals surface area contributed by atoms with Crippen LogP contribution in [0.3, 0.4) is 0 Å². The van der Waals surface area contributed by atoms with Crippen molar-refractivity contribution in [1.82, 2.24) is 10.2 Å². The first-order chi connectivity index (χ1) is 12.7. The predicted octanol–water partition coefficient (Wildman–Crippen LogP) is 3.62. The molecule has 0 aromatic heterocycles. The van der Waals surface area contributed by atoms with Crippen LogP contribution in [0.1, 0.15) is 51.7 Å². The van der Waals surface area contributed by atoms with Gasteiger partial charge in [-0.3, -0.25) is 4.99 Å². The molecule has 5 nitrogen and oxygen atoms in total. The zero-order valence-corrected chi connectivity index (χ0v) is 16.6. The molecule has 26 heavy (non-hydrogen) atoms. The lowest BCUT2D eigenvalue weighted by molar-refractivity contribution is 0.0263. The van der Waals surface area contributed by atoms with Crippen molar-refractivity contribution in [2.24, 2.45) is 4.99 Å². The highest BCUT2D eigenvalue weighted by atomic mass is 16.5. The summed E-state index contributed by atoms with van der Waals surface area (Å²) in [5.74, 6) is 1.03. The van der Waals surface area contributed by atoms with Gasteiger partial charge in [0.15, 0.2) is 5.96 Å². The second-order valence-corrected chi connectivity index (χ2v) is 6.65. The molecule has 2 rings (SSSR count). The van der Waals surface area contributed by atoms with Crippen molar-refractivity contribution < 1.29 is 9.47 Å². The Morgan fingerprint density at radius 3 is 2.62 bits per heavy atom. The molecule has 1 N–H and O–H groups in total. The third-order valence-corrected chi connectivity index (χ3v) is 4.68. The fraction of sp³-hybridized carbons (Fsp3) is 0.667. The van der Waals surface area contributed by atoms with Crippen molar-refractivity contribution in [2.75, 3.05) is 39.4 Å². The second-order valence-electron chi connectivity index (χ2n) is 6.65. The van der Waals surface area contributed by atoms with Crippen LogP contribution in [-0.2, 0) is 9.47 Å². The van der Waals surface area contributed by atoms with E-state index in [1.165, 1.54) is 5.56 Å². The molecule has 1 saturated heterocycles. The Bertz CT molecular complexity index is 513. The highest BCUT2D eigenvalue weighted by Gasteiger charge is 2.21. The number of hydrogen-bond acceptors (Lipinski definition) is 3. The predicted molar refractivity (Wildman–Crippen MR) is 108 cm³/mol. The molecule has 1 aromatic carbocycles. The average molecular weight is 362 g/mol. The first kappa shape index (κ1) is 20.7. The molecule has 1 heterocycles. The Kier molecular flexibility index (Phi) is 9.50. The molecule has 1 aromatic rings. The van der Waals surface area contributed by atoms with Crippen LogP contribution < -0.4 is 5.32 Å². The number of rotatable bonds is 9.